The van der Waals surface area contributed by atoms with Crippen LogP contribution in [0.3, 0.4) is 0 Å². The summed E-state index contributed by atoms with van der Waals surface area (Å²) in [7, 11) is 0. The molecular weight excluding hydrogens is 403 g/mol. The van der Waals surface area contributed by atoms with E-state index in [1.54, 1.807) is 0 Å². The molecule has 0 bridgehead atoms. The van der Waals surface area contributed by atoms with Gasteiger partial charge in [0.2, 0.25) is 0 Å². The van der Waals surface area contributed by atoms with E-state index in [1.807, 2.05) is 0 Å². The molecule has 0 radical (unpaired) electrons. The van der Waals surface area contributed by atoms with Crippen molar-refractivity contribution >= 4 is 77.8 Å². The molecule has 10 heteroatoms. The molecule has 0 saturated heterocycles. The van der Waals surface area contributed by atoms with Crippen molar-refractivity contribution in [1.82, 2.24) is 0 Å². The van der Waals surface area contributed by atoms with Crippen LogP contribution in [0.1, 0.15) is 11.1 Å². The summed E-state index contributed by atoms with van der Waals surface area (Å²) >= 11 is 27.7. The van der Waals surface area contributed by atoms with Crippen LogP contribution in [-0.2, 0) is 9.13 Å². The van der Waals surface area contributed by atoms with Crippen LogP contribution in [0.25, 0.3) is 0 Å². The summed E-state index contributed by atoms with van der Waals surface area (Å²) in [6.45, 7) is 4.24. The number of rotatable bonds is 0. The molecule has 1 aromatic rings. The second-order valence-electron chi connectivity index (χ2n) is 2.88. The van der Waals surface area contributed by atoms with Crippen LogP contribution < -0.4 is 0 Å². The minimum Gasteiger partial charge on any atom is -0.271 e. The lowest BCUT2D eigenvalue weighted by atomic mass is 10.1. The maximum atomic E-state index is 9.51. The Hall–Kier alpha value is 1.42. The third-order valence-electron chi connectivity index (χ3n) is 1.43. The third kappa shape index (κ3) is 30.4. The average Bonchev–Trinajstić information content (AvgIpc) is 2.04. The number of aryl methyl sites for hydroxylation is 2. The van der Waals surface area contributed by atoms with Crippen molar-refractivity contribution in [3.8, 4) is 0 Å². The summed E-state index contributed by atoms with van der Waals surface area (Å²) in [5.74, 6) is 0. The van der Waals surface area contributed by atoms with E-state index in [-0.39, 0.29) is 0 Å². The first-order valence-corrected chi connectivity index (χ1v) is 13.1. The van der Waals surface area contributed by atoms with E-state index in [4.69, 9.17) is 0 Å². The molecule has 1 aromatic carbocycles. The summed E-state index contributed by atoms with van der Waals surface area (Å²) in [6, 6.07) is 8.36. The zero-order valence-electron chi connectivity index (χ0n) is 9.29. The van der Waals surface area contributed by atoms with Gasteiger partial charge in [0.1, 0.15) is 0 Å². The highest BCUT2D eigenvalue weighted by Crippen LogP contribution is 2.61. The van der Waals surface area contributed by atoms with Crippen molar-refractivity contribution in [2.75, 3.05) is 0 Å². The standard InChI is InChI=1S/C8H10.2Cl3OP/c1-7-5-3-4-6-8(7)2;2*1-5(2,3)4/h3-6H,1-2H3;;. The van der Waals surface area contributed by atoms with Crippen LogP contribution in [0.5, 0.6) is 0 Å². The number of halogens is 6. The number of hydrogen-bond acceptors (Lipinski definition) is 2. The molecule has 0 atom stereocenters. The highest BCUT2D eigenvalue weighted by Gasteiger charge is 2.03. The monoisotopic (exact) mass is 410 g/mol. The molecule has 2 nitrogen and oxygen atoms in total. The SMILES string of the molecule is Cc1ccccc1C.O=P(Cl)(Cl)Cl.O=P(Cl)(Cl)Cl. The summed E-state index contributed by atoms with van der Waals surface area (Å²) in [5.41, 5.74) is 2.74. The zero-order valence-corrected chi connectivity index (χ0v) is 15.6. The van der Waals surface area contributed by atoms with Gasteiger partial charge in [0.25, 0.3) is 0 Å². The van der Waals surface area contributed by atoms with Gasteiger partial charge in [-0.15, -0.1) is 0 Å². The highest BCUT2D eigenvalue weighted by molar-refractivity contribution is 8.25. The van der Waals surface area contributed by atoms with Crippen molar-refractivity contribution in [2.45, 2.75) is 13.8 Å². The van der Waals surface area contributed by atoms with Crippen molar-refractivity contribution in [2.24, 2.45) is 0 Å². The molecule has 0 aliphatic carbocycles. The van der Waals surface area contributed by atoms with Gasteiger partial charge in [-0.2, -0.15) is 0 Å². The van der Waals surface area contributed by atoms with Crippen LogP contribution in [0.4, 0.5) is 0 Å². The zero-order chi connectivity index (χ0) is 15.0. The molecule has 106 valence electrons. The molecule has 0 heterocycles. The summed E-state index contributed by atoms with van der Waals surface area (Å²) in [6.07, 6.45) is 0. The molecule has 0 saturated carbocycles. The van der Waals surface area contributed by atoms with E-state index in [9.17, 15) is 9.13 Å². The van der Waals surface area contributed by atoms with Crippen LogP contribution in [0.2, 0.25) is 0 Å². The maximum Gasteiger partial charge on any atom is 0.339 e. The fourth-order valence-corrected chi connectivity index (χ4v) is 0.663. The maximum absolute atomic E-state index is 9.51. The Labute approximate surface area is 135 Å². The Bertz CT molecular complexity index is 383. The van der Waals surface area contributed by atoms with Gasteiger partial charge < -0.3 is 0 Å². The Balaban J connectivity index is 0. The molecule has 0 unspecified atom stereocenters. The molecule has 0 aromatic heterocycles. The predicted octanol–water partition coefficient (Wildman–Crippen LogP) is 7.93. The third-order valence-corrected chi connectivity index (χ3v) is 1.43. The van der Waals surface area contributed by atoms with Crippen LogP contribution in [-0.4, -0.2) is 0 Å². The van der Waals surface area contributed by atoms with Crippen molar-refractivity contribution in [3.63, 3.8) is 0 Å². The summed E-state index contributed by atoms with van der Waals surface area (Å²) in [5, 5.41) is -6.44. The normalized spacial score (nSPS) is 10.7. The van der Waals surface area contributed by atoms with Gasteiger partial charge in [0.15, 0.2) is 0 Å². The Morgan fingerprint density at radius 1 is 0.722 bits per heavy atom. The van der Waals surface area contributed by atoms with E-state index in [0.29, 0.717) is 0 Å². The highest BCUT2D eigenvalue weighted by atomic mass is 36.1. The molecule has 0 fully saturated rings. The van der Waals surface area contributed by atoms with Gasteiger partial charge in [-0.05, 0) is 92.4 Å². The largest absolute Gasteiger partial charge is 0.339 e. The number of benzene rings is 1. The molecule has 18 heavy (non-hydrogen) atoms. The second kappa shape index (κ2) is 10.2. The average molecular weight is 413 g/mol. The van der Waals surface area contributed by atoms with E-state index in [1.165, 1.54) is 11.1 Å². The fourth-order valence-electron chi connectivity index (χ4n) is 0.663. The first kappa shape index (κ1) is 21.7. The Morgan fingerprint density at radius 3 is 1.00 bits per heavy atom. The predicted molar refractivity (Wildman–Crippen MR) is 86.2 cm³/mol. The van der Waals surface area contributed by atoms with Crippen LogP contribution in [0, 0.1) is 13.8 Å². The van der Waals surface area contributed by atoms with E-state index >= 15 is 0 Å². The summed E-state index contributed by atoms with van der Waals surface area (Å²) in [4.78, 5) is 0. The molecule has 1 rings (SSSR count). The van der Waals surface area contributed by atoms with Crippen molar-refractivity contribution in [3.05, 3.63) is 35.4 Å². The van der Waals surface area contributed by atoms with Crippen LogP contribution >= 0.6 is 77.8 Å². The smallest absolute Gasteiger partial charge is 0.271 e. The lowest BCUT2D eigenvalue weighted by Crippen LogP contribution is -1.74. The van der Waals surface area contributed by atoms with Gasteiger partial charge in [-0.1, -0.05) is 24.3 Å². The van der Waals surface area contributed by atoms with Gasteiger partial charge >= 0.3 is 10.4 Å². The summed E-state index contributed by atoms with van der Waals surface area (Å²) < 4.78 is 19.0. The molecule has 0 amide bonds. The first-order valence-electron chi connectivity index (χ1n) is 4.21. The second-order valence-corrected chi connectivity index (χ2v) is 16.2. The van der Waals surface area contributed by atoms with E-state index in [2.05, 4.69) is 106 Å². The van der Waals surface area contributed by atoms with E-state index in [0.717, 1.165) is 0 Å². The molecule has 0 aliphatic rings. The minimum atomic E-state index is -3.22. The molecular formula is C8H10Cl6O2P2. The quantitative estimate of drug-likeness (QED) is 0.405. The van der Waals surface area contributed by atoms with Gasteiger partial charge in [0, 0.05) is 0 Å². The topological polar surface area (TPSA) is 34.1 Å². The van der Waals surface area contributed by atoms with Gasteiger partial charge in [-0.25, -0.2) is 0 Å². The molecule has 0 spiro atoms. The molecule has 0 aliphatic heterocycles. The lowest BCUT2D eigenvalue weighted by molar-refractivity contribution is 0.599. The Kier molecular flexibility index (Phi) is 12.3. The fraction of sp³-hybridized carbons (Fsp3) is 0.250. The van der Waals surface area contributed by atoms with E-state index < -0.39 is 10.4 Å². The van der Waals surface area contributed by atoms with Crippen molar-refractivity contribution in [1.29, 1.82) is 0 Å². The number of hydrogen-bond donors (Lipinski definition) is 0. The van der Waals surface area contributed by atoms with Gasteiger partial charge in [-0.3, -0.25) is 9.13 Å². The van der Waals surface area contributed by atoms with Crippen LogP contribution in [0.15, 0.2) is 24.3 Å². The van der Waals surface area contributed by atoms with Crippen molar-refractivity contribution < 1.29 is 9.13 Å². The minimum absolute atomic E-state index is 1.37. The molecule has 0 N–H and O–H groups in total. The Morgan fingerprint density at radius 2 is 0.889 bits per heavy atom. The lowest BCUT2D eigenvalue weighted by Gasteiger charge is -1.93. The van der Waals surface area contributed by atoms with Gasteiger partial charge in [0.05, 0.1) is 0 Å². The first-order chi connectivity index (χ1) is 7.80.